The molecule has 2 heterocycles. The first-order valence-electron chi connectivity index (χ1n) is 4.83. The predicted molar refractivity (Wildman–Crippen MR) is 56.7 cm³/mol. The van der Waals surface area contributed by atoms with Crippen molar-refractivity contribution in [3.63, 3.8) is 0 Å². The van der Waals surface area contributed by atoms with Gasteiger partial charge in [0.25, 0.3) is 5.91 Å². The van der Waals surface area contributed by atoms with E-state index in [0.717, 1.165) is 5.75 Å². The Morgan fingerprint density at radius 1 is 1.47 bits per heavy atom. The van der Waals surface area contributed by atoms with Gasteiger partial charge in [0, 0.05) is 12.2 Å². The number of hydrogen-bond donors (Lipinski definition) is 2. The maximum Gasteiger partial charge on any atom is 0.254 e. The van der Waals surface area contributed by atoms with Crippen LogP contribution >= 0.6 is 11.8 Å². The zero-order chi connectivity index (χ0) is 10.9. The van der Waals surface area contributed by atoms with Gasteiger partial charge in [0.05, 0.1) is 11.7 Å². The molecule has 2 amide bonds. The third kappa shape index (κ3) is 1.91. The summed E-state index contributed by atoms with van der Waals surface area (Å²) in [5.41, 5.74) is -0.794. The first-order valence-corrected chi connectivity index (χ1v) is 5.81. The van der Waals surface area contributed by atoms with Crippen molar-refractivity contribution in [2.45, 2.75) is 24.8 Å². The van der Waals surface area contributed by atoms with Gasteiger partial charge in [-0.25, -0.2) is 0 Å². The number of aliphatic hydroxyl groups excluding tert-OH is 1. The Kier molecular flexibility index (Phi) is 2.79. The van der Waals surface area contributed by atoms with Crippen molar-refractivity contribution in [2.24, 2.45) is 4.99 Å². The number of aliphatic imine (C=N–C) groups is 1. The van der Waals surface area contributed by atoms with E-state index >= 15 is 0 Å². The largest absolute Gasteiger partial charge is 0.390 e. The minimum Gasteiger partial charge on any atom is -0.390 e. The third-order valence-corrected chi connectivity index (χ3v) is 3.66. The summed E-state index contributed by atoms with van der Waals surface area (Å²) >= 11 is 1.47. The van der Waals surface area contributed by atoms with Crippen LogP contribution in [-0.2, 0) is 9.59 Å². The molecule has 0 aromatic heterocycles. The molecule has 0 aromatic rings. The Morgan fingerprint density at radius 3 is 2.93 bits per heavy atom. The van der Waals surface area contributed by atoms with E-state index in [4.69, 9.17) is 5.11 Å². The van der Waals surface area contributed by atoms with Crippen LogP contribution in [0.1, 0.15) is 19.3 Å². The lowest BCUT2D eigenvalue weighted by molar-refractivity contribution is -0.137. The Labute approximate surface area is 91.3 Å². The molecule has 2 rings (SSSR count). The van der Waals surface area contributed by atoms with E-state index in [-0.39, 0.29) is 18.4 Å². The lowest BCUT2D eigenvalue weighted by Crippen LogP contribution is -2.54. The number of imide groups is 1. The molecule has 15 heavy (non-hydrogen) atoms. The van der Waals surface area contributed by atoms with Crippen LogP contribution in [0, 0.1) is 0 Å². The topological polar surface area (TPSA) is 78.8 Å². The maximum atomic E-state index is 11.7. The standard InChI is InChI=1S/C9H12N2O3S/c12-5-7-11-9(3-4-15-7)2-1-6(13)10-8(9)14/h12H,1-5H2,(H,10,13,14). The monoisotopic (exact) mass is 228 g/mol. The van der Waals surface area contributed by atoms with E-state index in [1.54, 1.807) is 0 Å². The minimum absolute atomic E-state index is 0.131. The number of rotatable bonds is 1. The fourth-order valence-corrected chi connectivity index (χ4v) is 2.84. The summed E-state index contributed by atoms with van der Waals surface area (Å²) in [6.45, 7) is -0.131. The minimum atomic E-state index is -0.794. The molecule has 0 saturated carbocycles. The van der Waals surface area contributed by atoms with Crippen LogP contribution in [0.3, 0.4) is 0 Å². The quantitative estimate of drug-likeness (QED) is 0.603. The highest BCUT2D eigenvalue weighted by Gasteiger charge is 2.44. The number of carbonyl (C=O) groups excluding carboxylic acids is 2. The average molecular weight is 228 g/mol. The highest BCUT2D eigenvalue weighted by atomic mass is 32.2. The van der Waals surface area contributed by atoms with E-state index in [0.29, 0.717) is 24.3 Å². The van der Waals surface area contributed by atoms with Gasteiger partial charge >= 0.3 is 0 Å². The highest BCUT2D eigenvalue weighted by Crippen LogP contribution is 2.33. The van der Waals surface area contributed by atoms with Gasteiger partial charge in [0.1, 0.15) is 5.54 Å². The first kappa shape index (κ1) is 10.6. The zero-order valence-corrected chi connectivity index (χ0v) is 8.97. The zero-order valence-electron chi connectivity index (χ0n) is 8.15. The van der Waals surface area contributed by atoms with Gasteiger partial charge in [-0.3, -0.25) is 19.9 Å². The van der Waals surface area contributed by atoms with Crippen LogP contribution in [0.15, 0.2) is 4.99 Å². The molecule has 1 atom stereocenters. The van der Waals surface area contributed by atoms with E-state index in [2.05, 4.69) is 10.3 Å². The maximum absolute atomic E-state index is 11.7. The normalized spacial score (nSPS) is 31.4. The number of aliphatic hydroxyl groups is 1. The number of piperidine rings is 1. The molecule has 2 N–H and O–H groups in total. The van der Waals surface area contributed by atoms with Crippen molar-refractivity contribution in [1.29, 1.82) is 0 Å². The van der Waals surface area contributed by atoms with Gasteiger partial charge in [-0.05, 0) is 12.8 Å². The smallest absolute Gasteiger partial charge is 0.254 e. The number of nitrogens with one attached hydrogen (secondary N) is 1. The van der Waals surface area contributed by atoms with Crippen LogP contribution in [-0.4, -0.2) is 39.9 Å². The van der Waals surface area contributed by atoms with E-state index < -0.39 is 5.54 Å². The fraction of sp³-hybridized carbons (Fsp3) is 0.667. The Balaban J connectivity index is 2.25. The number of amides is 2. The van der Waals surface area contributed by atoms with Gasteiger partial charge in [-0.15, -0.1) is 11.8 Å². The molecule has 5 nitrogen and oxygen atoms in total. The van der Waals surface area contributed by atoms with Crippen molar-refractivity contribution in [1.82, 2.24) is 5.32 Å². The summed E-state index contributed by atoms with van der Waals surface area (Å²) in [6, 6.07) is 0. The van der Waals surface area contributed by atoms with Gasteiger partial charge in [0.2, 0.25) is 5.91 Å². The molecule has 1 unspecified atom stereocenters. The predicted octanol–water partition coefficient (Wildman–Crippen LogP) is -0.311. The lowest BCUT2D eigenvalue weighted by Gasteiger charge is -2.34. The van der Waals surface area contributed by atoms with Crippen molar-refractivity contribution in [2.75, 3.05) is 12.4 Å². The van der Waals surface area contributed by atoms with Crippen LogP contribution < -0.4 is 5.32 Å². The van der Waals surface area contributed by atoms with Gasteiger partial charge in [-0.1, -0.05) is 0 Å². The highest BCUT2D eigenvalue weighted by molar-refractivity contribution is 8.14. The Hall–Kier alpha value is -0.880. The van der Waals surface area contributed by atoms with Gasteiger partial charge < -0.3 is 5.11 Å². The summed E-state index contributed by atoms with van der Waals surface area (Å²) in [4.78, 5) is 27.0. The van der Waals surface area contributed by atoms with Crippen molar-refractivity contribution in [3.8, 4) is 0 Å². The molecule has 1 fully saturated rings. The molecule has 0 bridgehead atoms. The number of nitrogens with zero attached hydrogens (tertiary/aromatic N) is 1. The summed E-state index contributed by atoms with van der Waals surface area (Å²) in [5.74, 6) is 0.218. The second-order valence-corrected chi connectivity index (χ2v) is 4.84. The molecule has 0 aromatic carbocycles. The molecule has 2 aliphatic heterocycles. The van der Waals surface area contributed by atoms with E-state index in [9.17, 15) is 9.59 Å². The number of hydrogen-bond acceptors (Lipinski definition) is 5. The molecular formula is C9H12N2O3S. The molecule has 6 heteroatoms. The Morgan fingerprint density at radius 2 is 2.27 bits per heavy atom. The third-order valence-electron chi connectivity index (χ3n) is 2.70. The average Bonchev–Trinajstić information content (AvgIpc) is 2.25. The Bertz CT molecular complexity index is 342. The number of thioether (sulfide) groups is 1. The van der Waals surface area contributed by atoms with Crippen LogP contribution in [0.5, 0.6) is 0 Å². The van der Waals surface area contributed by atoms with E-state index in [1.807, 2.05) is 0 Å². The molecule has 2 aliphatic rings. The fourth-order valence-electron chi connectivity index (χ4n) is 1.83. The summed E-state index contributed by atoms with van der Waals surface area (Å²) < 4.78 is 0. The summed E-state index contributed by atoms with van der Waals surface area (Å²) in [5, 5.41) is 11.9. The first-order chi connectivity index (χ1) is 7.16. The van der Waals surface area contributed by atoms with Crippen molar-refractivity contribution in [3.05, 3.63) is 0 Å². The molecule has 1 spiro atoms. The summed E-state index contributed by atoms with van der Waals surface area (Å²) in [6.07, 6.45) is 1.43. The second kappa shape index (κ2) is 3.94. The molecular weight excluding hydrogens is 216 g/mol. The molecule has 1 saturated heterocycles. The van der Waals surface area contributed by atoms with Gasteiger partial charge in [0.15, 0.2) is 0 Å². The summed E-state index contributed by atoms with van der Waals surface area (Å²) in [7, 11) is 0. The van der Waals surface area contributed by atoms with Crippen LogP contribution in [0.25, 0.3) is 0 Å². The van der Waals surface area contributed by atoms with Crippen LogP contribution in [0.4, 0.5) is 0 Å². The number of carbonyl (C=O) groups is 2. The van der Waals surface area contributed by atoms with Crippen molar-refractivity contribution >= 4 is 28.6 Å². The van der Waals surface area contributed by atoms with Crippen molar-refractivity contribution < 1.29 is 14.7 Å². The molecule has 82 valence electrons. The lowest BCUT2D eigenvalue weighted by atomic mass is 9.87. The molecule has 0 aliphatic carbocycles. The van der Waals surface area contributed by atoms with Gasteiger partial charge in [-0.2, -0.15) is 0 Å². The second-order valence-electron chi connectivity index (χ2n) is 3.67. The van der Waals surface area contributed by atoms with E-state index in [1.165, 1.54) is 11.8 Å². The van der Waals surface area contributed by atoms with Crippen LogP contribution in [0.2, 0.25) is 0 Å². The molecule has 0 radical (unpaired) electrons. The SMILES string of the molecule is O=C1CCC2(CCSC(CO)=N2)C(=O)N1.